The van der Waals surface area contributed by atoms with E-state index < -0.39 is 0 Å². The number of halogens is 2. The molecule has 3 aromatic rings. The van der Waals surface area contributed by atoms with Crippen LogP contribution in [-0.4, -0.2) is 0 Å². The average molecular weight is 952 g/mol. The molecule has 2 unspecified atom stereocenters. The van der Waals surface area contributed by atoms with Gasteiger partial charge in [-0.3, -0.25) is 0 Å². The predicted octanol–water partition coefficient (Wildman–Crippen LogP) is 23.4. The summed E-state index contributed by atoms with van der Waals surface area (Å²) in [6, 6.07) is 7.31. The summed E-state index contributed by atoms with van der Waals surface area (Å²) >= 11 is 3.18. The van der Waals surface area contributed by atoms with Crippen molar-refractivity contribution in [1.82, 2.24) is 0 Å². The van der Waals surface area contributed by atoms with Crippen LogP contribution in [0.15, 0.2) is 35.0 Å². The van der Waals surface area contributed by atoms with Gasteiger partial charge in [-0.15, -0.1) is 22.7 Å². The normalized spacial score (nSPS) is 12.7. The van der Waals surface area contributed by atoms with E-state index in [2.05, 4.69) is 50.6 Å². The highest BCUT2D eigenvalue weighted by molar-refractivity contribution is 7.14. The van der Waals surface area contributed by atoms with Crippen LogP contribution >= 0.6 is 22.7 Å². The summed E-state index contributed by atoms with van der Waals surface area (Å²) in [6.45, 7) is 9.18. The van der Waals surface area contributed by atoms with Crippen LogP contribution in [0.3, 0.4) is 0 Å². The largest absolute Gasteiger partial charge is 0.206 e. The second-order valence-electron chi connectivity index (χ2n) is 21.1. The van der Waals surface area contributed by atoms with Gasteiger partial charge in [0.05, 0.1) is 0 Å². The lowest BCUT2D eigenvalue weighted by Crippen LogP contribution is -2.05. The summed E-state index contributed by atoms with van der Waals surface area (Å²) < 4.78 is 32.1. The van der Waals surface area contributed by atoms with Gasteiger partial charge in [-0.2, -0.15) is 0 Å². The Balaban J connectivity index is 1.57. The van der Waals surface area contributed by atoms with Gasteiger partial charge in [0.15, 0.2) is 0 Å². The molecule has 0 saturated carbocycles. The van der Waals surface area contributed by atoms with Crippen molar-refractivity contribution in [2.75, 3.05) is 0 Å². The Labute approximate surface area is 417 Å². The first-order valence-electron chi connectivity index (χ1n) is 29.1. The van der Waals surface area contributed by atoms with Crippen molar-refractivity contribution in [1.29, 1.82) is 0 Å². The van der Waals surface area contributed by atoms with Crippen molar-refractivity contribution in [2.45, 2.75) is 297 Å². The molecule has 1 aromatic carbocycles. The number of hydrogen-bond donors (Lipinski definition) is 0. The Kier molecular flexibility index (Phi) is 35.8. The fourth-order valence-corrected chi connectivity index (χ4v) is 12.4. The highest BCUT2D eigenvalue weighted by Gasteiger charge is 2.19. The zero-order valence-corrected chi connectivity index (χ0v) is 45.5. The third-order valence-electron chi connectivity index (χ3n) is 14.8. The summed E-state index contributed by atoms with van der Waals surface area (Å²) in [5, 5.41) is 4.45. The molecule has 378 valence electrons. The smallest absolute Gasteiger partial charge is 0.132 e. The Hall–Kier alpha value is -1.52. The van der Waals surface area contributed by atoms with E-state index in [0.717, 1.165) is 22.6 Å². The maximum absolute atomic E-state index is 16.1. The molecule has 0 nitrogen and oxygen atoms in total. The van der Waals surface area contributed by atoms with Crippen molar-refractivity contribution >= 4 is 22.7 Å². The fraction of sp³-hybridized carbons (Fsp3) is 0.774. The third-order valence-corrected chi connectivity index (χ3v) is 16.8. The lowest BCUT2D eigenvalue weighted by molar-refractivity contribution is 0.400. The molecule has 0 saturated heterocycles. The van der Waals surface area contributed by atoms with E-state index in [4.69, 9.17) is 0 Å². The molecule has 0 fully saturated rings. The molecule has 0 N–H and O–H groups in total. The summed E-state index contributed by atoms with van der Waals surface area (Å²) in [5.74, 6) is 0.745. The van der Waals surface area contributed by atoms with E-state index in [1.54, 1.807) is 22.7 Å². The van der Waals surface area contributed by atoms with Gasteiger partial charge < -0.3 is 0 Å². The van der Waals surface area contributed by atoms with Gasteiger partial charge in [0.1, 0.15) is 11.6 Å². The molecule has 0 aliphatic heterocycles. The molecule has 2 atom stereocenters. The maximum atomic E-state index is 16.1. The highest BCUT2D eigenvalue weighted by atomic mass is 32.1. The minimum Gasteiger partial charge on any atom is -0.206 e. The van der Waals surface area contributed by atoms with Crippen LogP contribution in [0.1, 0.15) is 296 Å². The lowest BCUT2D eigenvalue weighted by Gasteiger charge is -2.16. The van der Waals surface area contributed by atoms with E-state index in [9.17, 15) is 0 Å². The number of benzene rings is 1. The van der Waals surface area contributed by atoms with Crippen LogP contribution in [-0.2, 0) is 12.8 Å². The molecule has 2 aromatic heterocycles. The molecule has 3 rings (SSSR count). The first-order chi connectivity index (χ1) is 32.5. The Morgan fingerprint density at radius 1 is 0.318 bits per heavy atom. The molecule has 0 radical (unpaired) electrons. The van der Waals surface area contributed by atoms with E-state index in [1.165, 1.54) is 280 Å². The van der Waals surface area contributed by atoms with Crippen molar-refractivity contribution in [2.24, 2.45) is 11.8 Å². The molecule has 66 heavy (non-hydrogen) atoms. The zero-order valence-electron chi connectivity index (χ0n) is 43.9. The molecular weight excluding hydrogens is 847 g/mol. The van der Waals surface area contributed by atoms with Crippen molar-refractivity contribution in [3.8, 4) is 20.9 Å². The minimum atomic E-state index is -0.302. The maximum Gasteiger partial charge on any atom is 0.132 e. The molecule has 0 bridgehead atoms. The fourth-order valence-electron chi connectivity index (χ4n) is 10.5. The average Bonchev–Trinajstić information content (AvgIpc) is 3.99. The second-order valence-corrected chi connectivity index (χ2v) is 22.9. The topological polar surface area (TPSA) is 0 Å². The SMILES string of the molecule is CCCCCCCCCCCCC(CCCCCCCCCC)Cc1csc(-c2cc(F)c(-c3cc(CC(CCCCCCCCCC)CCCCCCCCCCCC)cs3)cc2F)c1. The van der Waals surface area contributed by atoms with Crippen LogP contribution in [0.5, 0.6) is 0 Å². The van der Waals surface area contributed by atoms with Crippen LogP contribution in [0.4, 0.5) is 8.78 Å². The van der Waals surface area contributed by atoms with Crippen LogP contribution in [0, 0.1) is 23.5 Å². The molecular formula is C62H104F2S2. The molecule has 0 amide bonds. The Morgan fingerprint density at radius 2 is 0.545 bits per heavy atom. The third kappa shape index (κ3) is 27.6. The molecule has 4 heteroatoms. The number of hydrogen-bond acceptors (Lipinski definition) is 2. The molecule has 0 spiro atoms. The van der Waals surface area contributed by atoms with Crippen molar-refractivity contribution in [3.05, 3.63) is 57.8 Å². The monoisotopic (exact) mass is 951 g/mol. The van der Waals surface area contributed by atoms with Crippen molar-refractivity contribution in [3.63, 3.8) is 0 Å². The zero-order chi connectivity index (χ0) is 47.1. The van der Waals surface area contributed by atoms with Gasteiger partial charge in [-0.1, -0.05) is 285 Å². The van der Waals surface area contributed by atoms with Gasteiger partial charge >= 0.3 is 0 Å². The van der Waals surface area contributed by atoms with Gasteiger partial charge in [-0.05, 0) is 70.8 Å². The Morgan fingerprint density at radius 3 is 0.788 bits per heavy atom. The second kappa shape index (κ2) is 40.2. The number of unbranched alkanes of at least 4 members (excludes halogenated alkanes) is 32. The number of rotatable bonds is 46. The van der Waals surface area contributed by atoms with E-state index in [-0.39, 0.29) is 11.6 Å². The first kappa shape index (κ1) is 58.8. The summed E-state index contributed by atoms with van der Waals surface area (Å²) in [5.41, 5.74) is 3.44. The van der Waals surface area contributed by atoms with Gasteiger partial charge in [0.25, 0.3) is 0 Å². The van der Waals surface area contributed by atoms with Gasteiger partial charge in [0.2, 0.25) is 0 Å². The van der Waals surface area contributed by atoms with E-state index >= 15 is 8.78 Å². The highest BCUT2D eigenvalue weighted by Crippen LogP contribution is 2.38. The number of thiophene rings is 2. The van der Waals surface area contributed by atoms with Gasteiger partial charge in [-0.25, -0.2) is 8.78 Å². The summed E-state index contributed by atoms with van der Waals surface area (Å²) in [7, 11) is 0. The van der Waals surface area contributed by atoms with Crippen LogP contribution < -0.4 is 0 Å². The Bertz CT molecular complexity index is 1420. The first-order valence-corrected chi connectivity index (χ1v) is 30.9. The molecule has 2 heterocycles. The summed E-state index contributed by atoms with van der Waals surface area (Å²) in [6.07, 6.45) is 56.5. The van der Waals surface area contributed by atoms with Crippen molar-refractivity contribution < 1.29 is 8.78 Å². The predicted molar refractivity (Wildman–Crippen MR) is 295 cm³/mol. The van der Waals surface area contributed by atoms with E-state index in [1.807, 2.05) is 0 Å². The standard InChI is InChI=1S/C62H104F2S2/c1-5-9-13-17-21-25-27-31-35-39-43-53(41-37-33-29-23-19-15-11-7-3)45-55-47-61(65-51-55)57-49-60(64)58(50-59(57)63)62-48-56(52-66-62)46-54(42-38-34-30-24-20-16-12-8-4)44-40-36-32-28-26-22-18-14-10-6-2/h47-54H,5-46H2,1-4H3. The van der Waals surface area contributed by atoms with E-state index in [0.29, 0.717) is 23.0 Å². The lowest BCUT2D eigenvalue weighted by atomic mass is 9.89. The molecule has 0 aliphatic rings. The quantitative estimate of drug-likeness (QED) is 0.0495. The molecule has 0 aliphatic carbocycles. The summed E-state index contributed by atoms with van der Waals surface area (Å²) in [4.78, 5) is 1.72. The minimum absolute atomic E-state index is 0.302. The van der Waals surface area contributed by atoms with Crippen LogP contribution in [0.2, 0.25) is 0 Å². The van der Waals surface area contributed by atoms with Gasteiger partial charge in [0, 0.05) is 20.9 Å². The van der Waals surface area contributed by atoms with Crippen LogP contribution in [0.25, 0.3) is 20.9 Å².